The van der Waals surface area contributed by atoms with Crippen LogP contribution in [-0.2, 0) is 0 Å². The summed E-state index contributed by atoms with van der Waals surface area (Å²) in [6, 6.07) is 5.63. The van der Waals surface area contributed by atoms with Crippen molar-refractivity contribution >= 4 is 16.8 Å². The SMILES string of the molecule is CC(C)CCN(C)C(=O)c1ccc2cn[nH]c2c1. The average Bonchev–Trinajstić information content (AvgIpc) is 2.81. The Morgan fingerprint density at radius 2 is 2.22 bits per heavy atom. The molecule has 4 heteroatoms. The van der Waals surface area contributed by atoms with Gasteiger partial charge in [0.25, 0.3) is 5.91 Å². The summed E-state index contributed by atoms with van der Waals surface area (Å²) in [7, 11) is 1.85. The topological polar surface area (TPSA) is 49.0 Å². The molecule has 0 radical (unpaired) electrons. The largest absolute Gasteiger partial charge is 0.342 e. The Kier molecular flexibility index (Phi) is 3.65. The van der Waals surface area contributed by atoms with E-state index in [4.69, 9.17) is 0 Å². The lowest BCUT2D eigenvalue weighted by Gasteiger charge is -2.18. The highest BCUT2D eigenvalue weighted by Crippen LogP contribution is 2.14. The van der Waals surface area contributed by atoms with Crippen LogP contribution in [-0.4, -0.2) is 34.6 Å². The molecule has 0 bridgehead atoms. The number of nitrogens with one attached hydrogen (secondary N) is 1. The van der Waals surface area contributed by atoms with Gasteiger partial charge >= 0.3 is 0 Å². The molecule has 0 unspecified atom stereocenters. The minimum absolute atomic E-state index is 0.0622. The van der Waals surface area contributed by atoms with E-state index in [2.05, 4.69) is 24.0 Å². The van der Waals surface area contributed by atoms with Gasteiger partial charge in [0.05, 0.1) is 11.7 Å². The number of fused-ring (bicyclic) bond motifs is 1. The lowest BCUT2D eigenvalue weighted by atomic mass is 10.1. The van der Waals surface area contributed by atoms with Gasteiger partial charge in [0.1, 0.15) is 0 Å². The van der Waals surface area contributed by atoms with Crippen LogP contribution in [0.2, 0.25) is 0 Å². The average molecular weight is 245 g/mol. The fraction of sp³-hybridized carbons (Fsp3) is 0.429. The molecule has 0 aliphatic carbocycles. The van der Waals surface area contributed by atoms with Crippen molar-refractivity contribution < 1.29 is 4.79 Å². The second kappa shape index (κ2) is 5.21. The Labute approximate surface area is 107 Å². The van der Waals surface area contributed by atoms with Crippen molar-refractivity contribution in [3.05, 3.63) is 30.0 Å². The quantitative estimate of drug-likeness (QED) is 0.900. The van der Waals surface area contributed by atoms with Crippen LogP contribution in [0.5, 0.6) is 0 Å². The highest BCUT2D eigenvalue weighted by molar-refractivity contribution is 5.97. The van der Waals surface area contributed by atoms with Crippen molar-refractivity contribution in [2.45, 2.75) is 20.3 Å². The molecule has 0 saturated heterocycles. The molecule has 0 spiro atoms. The van der Waals surface area contributed by atoms with Gasteiger partial charge in [0.2, 0.25) is 0 Å². The van der Waals surface area contributed by atoms with E-state index < -0.39 is 0 Å². The predicted octanol–water partition coefficient (Wildman–Crippen LogP) is 2.68. The summed E-state index contributed by atoms with van der Waals surface area (Å²) in [5, 5.41) is 7.86. The van der Waals surface area contributed by atoms with E-state index >= 15 is 0 Å². The molecule has 1 N–H and O–H groups in total. The molecule has 0 aliphatic rings. The van der Waals surface area contributed by atoms with Crippen LogP contribution in [0.25, 0.3) is 10.9 Å². The fourth-order valence-electron chi connectivity index (χ4n) is 1.84. The van der Waals surface area contributed by atoms with Gasteiger partial charge in [-0.15, -0.1) is 0 Å². The molecule has 0 fully saturated rings. The standard InChI is InChI=1S/C14H19N3O/c1-10(2)6-7-17(3)14(18)11-4-5-12-9-15-16-13(12)8-11/h4-5,8-10H,6-7H2,1-3H3,(H,15,16). The molecule has 0 atom stereocenters. The smallest absolute Gasteiger partial charge is 0.253 e. The first-order valence-corrected chi connectivity index (χ1v) is 6.26. The molecule has 0 saturated carbocycles. The number of hydrogen-bond donors (Lipinski definition) is 1. The summed E-state index contributed by atoms with van der Waals surface area (Å²) in [6.45, 7) is 5.11. The fourth-order valence-corrected chi connectivity index (χ4v) is 1.84. The van der Waals surface area contributed by atoms with Crippen molar-refractivity contribution in [1.29, 1.82) is 0 Å². The number of aromatic amines is 1. The molecular weight excluding hydrogens is 226 g/mol. The summed E-state index contributed by atoms with van der Waals surface area (Å²) in [4.78, 5) is 14.0. The van der Waals surface area contributed by atoms with Crippen LogP contribution in [0.1, 0.15) is 30.6 Å². The van der Waals surface area contributed by atoms with Crippen LogP contribution in [0.3, 0.4) is 0 Å². The number of carbonyl (C=O) groups excluding carboxylic acids is 1. The predicted molar refractivity (Wildman–Crippen MR) is 72.5 cm³/mol. The Morgan fingerprint density at radius 1 is 1.44 bits per heavy atom. The van der Waals surface area contributed by atoms with E-state index in [9.17, 15) is 4.79 Å². The second-order valence-electron chi connectivity index (χ2n) is 5.08. The zero-order valence-electron chi connectivity index (χ0n) is 11.1. The van der Waals surface area contributed by atoms with Gasteiger partial charge in [0, 0.05) is 24.5 Å². The number of H-pyrrole nitrogens is 1. The van der Waals surface area contributed by atoms with Crippen molar-refractivity contribution in [1.82, 2.24) is 15.1 Å². The van der Waals surface area contributed by atoms with Crippen molar-refractivity contribution in [2.75, 3.05) is 13.6 Å². The molecule has 1 amide bonds. The van der Waals surface area contributed by atoms with Gasteiger partial charge < -0.3 is 4.90 Å². The number of benzene rings is 1. The number of nitrogens with zero attached hydrogens (tertiary/aromatic N) is 2. The summed E-state index contributed by atoms with van der Waals surface area (Å²) < 4.78 is 0. The molecule has 1 heterocycles. The zero-order valence-corrected chi connectivity index (χ0v) is 11.1. The van der Waals surface area contributed by atoms with Crippen LogP contribution in [0, 0.1) is 5.92 Å². The zero-order chi connectivity index (χ0) is 13.1. The highest BCUT2D eigenvalue weighted by atomic mass is 16.2. The van der Waals surface area contributed by atoms with Gasteiger partial charge in [-0.3, -0.25) is 9.89 Å². The maximum Gasteiger partial charge on any atom is 0.253 e. The van der Waals surface area contributed by atoms with E-state index in [1.807, 2.05) is 25.2 Å². The Morgan fingerprint density at radius 3 is 2.94 bits per heavy atom. The number of amides is 1. The van der Waals surface area contributed by atoms with E-state index in [0.29, 0.717) is 11.5 Å². The van der Waals surface area contributed by atoms with Crippen LogP contribution < -0.4 is 0 Å². The van der Waals surface area contributed by atoms with Gasteiger partial charge in [-0.2, -0.15) is 5.10 Å². The summed E-state index contributed by atoms with van der Waals surface area (Å²) in [5.41, 5.74) is 1.61. The van der Waals surface area contributed by atoms with Crippen molar-refractivity contribution in [2.24, 2.45) is 5.92 Å². The van der Waals surface area contributed by atoms with E-state index in [-0.39, 0.29) is 5.91 Å². The van der Waals surface area contributed by atoms with Gasteiger partial charge in [-0.05, 0) is 24.5 Å². The maximum absolute atomic E-state index is 12.2. The summed E-state index contributed by atoms with van der Waals surface area (Å²) in [6.07, 6.45) is 2.78. The van der Waals surface area contributed by atoms with Crippen LogP contribution >= 0.6 is 0 Å². The normalized spacial score (nSPS) is 11.1. The highest BCUT2D eigenvalue weighted by Gasteiger charge is 2.12. The van der Waals surface area contributed by atoms with Gasteiger partial charge in [-0.25, -0.2) is 0 Å². The van der Waals surface area contributed by atoms with Gasteiger partial charge in [0.15, 0.2) is 0 Å². The Hall–Kier alpha value is -1.84. The van der Waals surface area contributed by atoms with Gasteiger partial charge in [-0.1, -0.05) is 19.9 Å². The molecule has 18 heavy (non-hydrogen) atoms. The summed E-state index contributed by atoms with van der Waals surface area (Å²) >= 11 is 0. The molecule has 4 nitrogen and oxygen atoms in total. The Balaban J connectivity index is 2.12. The number of rotatable bonds is 4. The third-order valence-electron chi connectivity index (χ3n) is 3.08. The monoisotopic (exact) mass is 245 g/mol. The first-order valence-electron chi connectivity index (χ1n) is 6.26. The number of carbonyl (C=O) groups is 1. The van der Waals surface area contributed by atoms with Crippen LogP contribution in [0.4, 0.5) is 0 Å². The van der Waals surface area contributed by atoms with Crippen LogP contribution in [0.15, 0.2) is 24.4 Å². The first-order chi connectivity index (χ1) is 8.58. The minimum atomic E-state index is 0.0622. The Bertz CT molecular complexity index is 545. The molecule has 96 valence electrons. The lowest BCUT2D eigenvalue weighted by molar-refractivity contribution is 0.0789. The minimum Gasteiger partial charge on any atom is -0.342 e. The first kappa shape index (κ1) is 12.6. The summed E-state index contributed by atoms with van der Waals surface area (Å²) in [5.74, 6) is 0.669. The van der Waals surface area contributed by atoms with Crippen molar-refractivity contribution in [3.63, 3.8) is 0 Å². The molecule has 0 aliphatic heterocycles. The van der Waals surface area contributed by atoms with E-state index in [1.165, 1.54) is 0 Å². The molecule has 1 aromatic carbocycles. The lowest BCUT2D eigenvalue weighted by Crippen LogP contribution is -2.28. The third kappa shape index (κ3) is 2.70. The van der Waals surface area contributed by atoms with Crippen molar-refractivity contribution in [3.8, 4) is 0 Å². The third-order valence-corrected chi connectivity index (χ3v) is 3.08. The number of aromatic nitrogens is 2. The number of hydrogen-bond acceptors (Lipinski definition) is 2. The second-order valence-corrected chi connectivity index (χ2v) is 5.08. The van der Waals surface area contributed by atoms with E-state index in [0.717, 1.165) is 23.9 Å². The molecule has 1 aromatic heterocycles. The maximum atomic E-state index is 12.2. The van der Waals surface area contributed by atoms with E-state index in [1.54, 1.807) is 11.1 Å². The molecule has 2 aromatic rings. The molecule has 2 rings (SSSR count). The molecular formula is C14H19N3O.